The van der Waals surface area contributed by atoms with Crippen LogP contribution in [0.3, 0.4) is 0 Å². The molecule has 1 atom stereocenters. The first-order valence-corrected chi connectivity index (χ1v) is 10.7. The van der Waals surface area contributed by atoms with Gasteiger partial charge in [0.25, 0.3) is 0 Å². The van der Waals surface area contributed by atoms with Crippen molar-refractivity contribution in [1.82, 2.24) is 4.98 Å². The summed E-state index contributed by atoms with van der Waals surface area (Å²) in [6.07, 6.45) is -4.98. The molecule has 0 N–H and O–H groups in total. The van der Waals surface area contributed by atoms with Gasteiger partial charge in [0, 0.05) is 6.42 Å². The van der Waals surface area contributed by atoms with Gasteiger partial charge in [0.2, 0.25) is 11.8 Å². The van der Waals surface area contributed by atoms with Crippen LogP contribution in [0.25, 0.3) is 10.6 Å². The third kappa shape index (κ3) is 4.06. The maximum Gasteiger partial charge on any atom is 0.417 e. The third-order valence-corrected chi connectivity index (χ3v) is 6.61. The fraction of sp³-hybridized carbons (Fsp3) is 0.143. The number of benzene rings is 1. The van der Waals surface area contributed by atoms with E-state index in [1.165, 1.54) is 11.3 Å². The molecule has 1 fully saturated rings. The minimum atomic E-state index is -4.78. The third-order valence-electron chi connectivity index (χ3n) is 4.55. The summed E-state index contributed by atoms with van der Waals surface area (Å²) >= 11 is 1.92. The molecule has 31 heavy (non-hydrogen) atoms. The van der Waals surface area contributed by atoms with Gasteiger partial charge in [-0.25, -0.2) is 9.88 Å². The molecule has 10 heteroatoms. The summed E-state index contributed by atoms with van der Waals surface area (Å²) in [6, 6.07) is 14.0. The van der Waals surface area contributed by atoms with Gasteiger partial charge in [-0.1, -0.05) is 36.0 Å². The van der Waals surface area contributed by atoms with E-state index in [1.54, 1.807) is 53.9 Å². The summed E-state index contributed by atoms with van der Waals surface area (Å²) in [6.45, 7) is 0. The van der Waals surface area contributed by atoms with Gasteiger partial charge < -0.3 is 0 Å². The minimum absolute atomic E-state index is 0.0560. The predicted molar refractivity (Wildman–Crippen MR) is 110 cm³/mol. The number of halogens is 3. The normalized spacial score (nSPS) is 16.6. The van der Waals surface area contributed by atoms with Crippen molar-refractivity contribution >= 4 is 40.6 Å². The number of nitrogens with zero attached hydrogens (tertiary/aromatic N) is 3. The highest BCUT2D eigenvalue weighted by Crippen LogP contribution is 2.41. The number of nitriles is 1. The average Bonchev–Trinajstić information content (AvgIpc) is 3.36. The minimum Gasteiger partial charge on any atom is -0.274 e. The van der Waals surface area contributed by atoms with Crippen molar-refractivity contribution in [3.63, 3.8) is 0 Å². The molecule has 156 valence electrons. The second-order valence-corrected chi connectivity index (χ2v) is 8.67. The van der Waals surface area contributed by atoms with Crippen LogP contribution < -0.4 is 4.90 Å². The zero-order chi connectivity index (χ0) is 22.2. The lowest BCUT2D eigenvalue weighted by Gasteiger charge is -2.16. The van der Waals surface area contributed by atoms with Crippen LogP contribution in [0.2, 0.25) is 0 Å². The molecule has 1 unspecified atom stereocenters. The number of carbonyl (C=O) groups is 2. The van der Waals surface area contributed by atoms with Gasteiger partial charge in [0.05, 0.1) is 32.6 Å². The van der Waals surface area contributed by atoms with Crippen LogP contribution in [0.1, 0.15) is 17.5 Å². The van der Waals surface area contributed by atoms with Gasteiger partial charge in [-0.05, 0) is 29.6 Å². The molecule has 1 saturated heterocycles. The van der Waals surface area contributed by atoms with Crippen LogP contribution in [-0.4, -0.2) is 22.0 Å². The van der Waals surface area contributed by atoms with E-state index in [-0.39, 0.29) is 17.1 Å². The Morgan fingerprint density at radius 3 is 2.52 bits per heavy atom. The molecule has 3 aromatic rings. The molecule has 0 spiro atoms. The highest BCUT2D eigenvalue weighted by atomic mass is 32.2. The number of hydrogen-bond acceptors (Lipinski definition) is 6. The average molecular weight is 459 g/mol. The first-order chi connectivity index (χ1) is 14.8. The number of thiophene rings is 1. The van der Waals surface area contributed by atoms with Crippen molar-refractivity contribution in [3.8, 4) is 16.6 Å². The molecular formula is C21H12F3N3O2S2. The SMILES string of the molecule is N#Cc1c(C(F)(F)F)cc(-c2cccs2)nc1SC1CC(=O)N(c2ccccc2)C1=O. The lowest BCUT2D eigenvalue weighted by molar-refractivity contribution is -0.138. The molecule has 2 amide bonds. The number of amides is 2. The Hall–Kier alpha value is -3.16. The summed E-state index contributed by atoms with van der Waals surface area (Å²) in [4.78, 5) is 31.1. The Labute approximate surface area is 183 Å². The molecule has 1 aliphatic heterocycles. The number of carbonyl (C=O) groups excluding carboxylic acids is 2. The number of anilines is 1. The number of imide groups is 1. The molecule has 3 heterocycles. The van der Waals surface area contributed by atoms with E-state index in [2.05, 4.69) is 4.98 Å². The Balaban J connectivity index is 1.74. The van der Waals surface area contributed by atoms with E-state index in [4.69, 9.17) is 0 Å². The topological polar surface area (TPSA) is 74.1 Å². The fourth-order valence-electron chi connectivity index (χ4n) is 3.17. The first-order valence-electron chi connectivity index (χ1n) is 8.94. The summed E-state index contributed by atoms with van der Waals surface area (Å²) < 4.78 is 41.0. The van der Waals surface area contributed by atoms with Crippen molar-refractivity contribution < 1.29 is 22.8 Å². The smallest absolute Gasteiger partial charge is 0.274 e. The van der Waals surface area contributed by atoms with Gasteiger partial charge in [0.1, 0.15) is 11.1 Å². The lowest BCUT2D eigenvalue weighted by Crippen LogP contribution is -2.31. The largest absolute Gasteiger partial charge is 0.417 e. The van der Waals surface area contributed by atoms with Crippen molar-refractivity contribution in [2.75, 3.05) is 4.90 Å². The summed E-state index contributed by atoms with van der Waals surface area (Å²) in [7, 11) is 0. The van der Waals surface area contributed by atoms with Gasteiger partial charge >= 0.3 is 6.18 Å². The summed E-state index contributed by atoms with van der Waals surface area (Å²) in [5, 5.41) is 9.94. The molecule has 0 aliphatic carbocycles. The maximum atomic E-state index is 13.7. The Morgan fingerprint density at radius 2 is 1.90 bits per heavy atom. The van der Waals surface area contributed by atoms with Gasteiger partial charge in [-0.15, -0.1) is 11.3 Å². The van der Waals surface area contributed by atoms with Crippen molar-refractivity contribution in [3.05, 3.63) is 65.0 Å². The molecule has 0 saturated carbocycles. The summed E-state index contributed by atoms with van der Waals surface area (Å²) in [5.41, 5.74) is -1.33. The molecule has 1 aromatic carbocycles. The number of aromatic nitrogens is 1. The molecule has 5 nitrogen and oxygen atoms in total. The lowest BCUT2D eigenvalue weighted by atomic mass is 10.1. The molecular weight excluding hydrogens is 447 g/mol. The van der Waals surface area contributed by atoms with Crippen LogP contribution in [0.4, 0.5) is 18.9 Å². The van der Waals surface area contributed by atoms with Crippen LogP contribution >= 0.6 is 23.1 Å². The second kappa shape index (κ2) is 8.17. The molecule has 1 aliphatic rings. The Kier molecular flexibility index (Phi) is 5.56. The molecule has 2 aromatic heterocycles. The number of para-hydroxylation sites is 1. The van der Waals surface area contributed by atoms with Crippen LogP contribution in [0, 0.1) is 11.3 Å². The monoisotopic (exact) mass is 459 g/mol. The second-order valence-electron chi connectivity index (χ2n) is 6.54. The van der Waals surface area contributed by atoms with E-state index < -0.39 is 34.4 Å². The number of pyridine rings is 1. The highest BCUT2D eigenvalue weighted by molar-refractivity contribution is 8.00. The number of alkyl halides is 3. The quantitative estimate of drug-likeness (QED) is 0.506. The van der Waals surface area contributed by atoms with E-state index in [0.717, 1.165) is 11.0 Å². The van der Waals surface area contributed by atoms with Crippen molar-refractivity contribution in [1.29, 1.82) is 5.26 Å². The molecule has 0 bridgehead atoms. The van der Waals surface area contributed by atoms with Crippen molar-refractivity contribution in [2.24, 2.45) is 0 Å². The standard InChI is InChI=1S/C21H12F3N3O2S2/c22-21(23,24)14-9-15(16-7-4-8-30-16)26-19(13(14)11-25)31-17-10-18(28)27(20(17)29)12-5-2-1-3-6-12/h1-9,17H,10H2. The predicted octanol–water partition coefficient (Wildman–Crippen LogP) is 5.12. The Bertz CT molecular complexity index is 1190. The summed E-state index contributed by atoms with van der Waals surface area (Å²) in [5.74, 6) is -1.01. The highest BCUT2D eigenvalue weighted by Gasteiger charge is 2.42. The zero-order valence-corrected chi connectivity index (χ0v) is 17.2. The number of rotatable bonds is 4. The van der Waals surface area contributed by atoms with Crippen LogP contribution in [0.15, 0.2) is 58.9 Å². The van der Waals surface area contributed by atoms with Gasteiger partial charge in [-0.3, -0.25) is 9.59 Å². The molecule has 4 rings (SSSR count). The van der Waals surface area contributed by atoms with Crippen molar-refractivity contribution in [2.45, 2.75) is 22.9 Å². The van der Waals surface area contributed by atoms with Gasteiger partial charge in [0.15, 0.2) is 0 Å². The van der Waals surface area contributed by atoms with E-state index in [1.807, 2.05) is 0 Å². The van der Waals surface area contributed by atoms with Gasteiger partial charge in [-0.2, -0.15) is 18.4 Å². The maximum absolute atomic E-state index is 13.7. The van der Waals surface area contributed by atoms with E-state index in [9.17, 15) is 28.0 Å². The first kappa shape index (κ1) is 21.1. The number of thioether (sulfide) groups is 1. The van der Waals surface area contributed by atoms with E-state index in [0.29, 0.717) is 22.3 Å². The number of hydrogen-bond donors (Lipinski definition) is 0. The Morgan fingerprint density at radius 1 is 1.16 bits per heavy atom. The molecule has 0 radical (unpaired) electrons. The fourth-order valence-corrected chi connectivity index (χ4v) is 4.98. The van der Waals surface area contributed by atoms with E-state index >= 15 is 0 Å². The van der Waals surface area contributed by atoms with Crippen LogP contribution in [0.5, 0.6) is 0 Å². The van der Waals surface area contributed by atoms with Crippen LogP contribution in [-0.2, 0) is 15.8 Å². The zero-order valence-electron chi connectivity index (χ0n) is 15.6.